The van der Waals surface area contributed by atoms with Crippen LogP contribution in [0, 0.1) is 0 Å². The molecule has 0 saturated heterocycles. The maximum Gasteiger partial charge on any atom is 0.125 e. The van der Waals surface area contributed by atoms with Gasteiger partial charge in [-0.05, 0) is 24.1 Å². The molecule has 2 aromatic rings. The molecule has 0 aliphatic rings. The number of nitrogens with zero attached hydrogens (tertiary/aromatic N) is 1. The second kappa shape index (κ2) is 3.35. The fourth-order valence-electron chi connectivity index (χ4n) is 1.80. The van der Waals surface area contributed by atoms with Crippen LogP contribution in [-0.2, 0) is 13.2 Å². The number of aliphatic hydroxyl groups is 1. The van der Waals surface area contributed by atoms with Crippen molar-refractivity contribution < 1.29 is 10.2 Å². The minimum atomic E-state index is -0.0556. The van der Waals surface area contributed by atoms with E-state index in [1.165, 1.54) is 0 Å². The summed E-state index contributed by atoms with van der Waals surface area (Å²) in [6, 6.07) is 5.34. The van der Waals surface area contributed by atoms with Gasteiger partial charge in [0.25, 0.3) is 0 Å². The van der Waals surface area contributed by atoms with Crippen LogP contribution in [0.2, 0.25) is 0 Å². The Hall–Kier alpha value is -1.48. The zero-order valence-corrected chi connectivity index (χ0v) is 8.07. The number of aryl methyl sites for hydroxylation is 1. The van der Waals surface area contributed by atoms with E-state index in [2.05, 4.69) is 0 Å². The van der Waals surface area contributed by atoms with Gasteiger partial charge in [-0.3, -0.25) is 0 Å². The van der Waals surface area contributed by atoms with Crippen LogP contribution in [0.4, 0.5) is 0 Å². The van der Waals surface area contributed by atoms with Crippen LogP contribution in [0.15, 0.2) is 24.4 Å². The number of fused-ring (bicyclic) bond motifs is 1. The highest BCUT2D eigenvalue weighted by Gasteiger charge is 2.09. The lowest BCUT2D eigenvalue weighted by Crippen LogP contribution is -1.92. The summed E-state index contributed by atoms with van der Waals surface area (Å²) in [6.07, 6.45) is 2.73. The van der Waals surface area contributed by atoms with E-state index in [4.69, 9.17) is 5.11 Å². The lowest BCUT2D eigenvalue weighted by Gasteiger charge is -1.99. The van der Waals surface area contributed by atoms with Crippen molar-refractivity contribution in [3.8, 4) is 5.75 Å². The van der Waals surface area contributed by atoms with Gasteiger partial charge >= 0.3 is 0 Å². The summed E-state index contributed by atoms with van der Waals surface area (Å²) >= 11 is 0. The van der Waals surface area contributed by atoms with Gasteiger partial charge < -0.3 is 14.8 Å². The minimum Gasteiger partial charge on any atom is -0.507 e. The van der Waals surface area contributed by atoms with Crippen LogP contribution >= 0.6 is 0 Å². The Balaban J connectivity index is 2.82. The first kappa shape index (κ1) is 9.09. The van der Waals surface area contributed by atoms with Gasteiger partial charge in [0.15, 0.2) is 0 Å². The molecule has 14 heavy (non-hydrogen) atoms. The Morgan fingerprint density at radius 3 is 2.79 bits per heavy atom. The summed E-state index contributed by atoms with van der Waals surface area (Å²) < 4.78 is 1.73. The first-order valence-corrected chi connectivity index (χ1v) is 4.68. The van der Waals surface area contributed by atoms with Crippen LogP contribution in [-0.4, -0.2) is 14.8 Å². The number of hydrogen-bond donors (Lipinski definition) is 2. The third-order valence-electron chi connectivity index (χ3n) is 2.50. The quantitative estimate of drug-likeness (QED) is 0.761. The van der Waals surface area contributed by atoms with Gasteiger partial charge in [-0.25, -0.2) is 0 Å². The molecular weight excluding hydrogens is 178 g/mol. The van der Waals surface area contributed by atoms with Crippen molar-refractivity contribution in [1.82, 2.24) is 4.57 Å². The Morgan fingerprint density at radius 2 is 2.14 bits per heavy atom. The molecule has 1 aromatic carbocycles. The van der Waals surface area contributed by atoms with Crippen molar-refractivity contribution in [2.45, 2.75) is 20.1 Å². The van der Waals surface area contributed by atoms with Crippen molar-refractivity contribution >= 4 is 10.9 Å². The number of benzene rings is 1. The molecular formula is C11H13NO2. The average Bonchev–Trinajstić information content (AvgIpc) is 2.57. The Bertz CT molecular complexity index is 460. The fourth-order valence-corrected chi connectivity index (χ4v) is 1.80. The van der Waals surface area contributed by atoms with E-state index in [9.17, 15) is 5.11 Å². The molecule has 0 fully saturated rings. The van der Waals surface area contributed by atoms with E-state index in [0.717, 1.165) is 22.9 Å². The lowest BCUT2D eigenvalue weighted by molar-refractivity contribution is 0.215. The number of phenolic OH excluding ortho intramolecular Hbond substituents is 1. The average molecular weight is 191 g/mol. The van der Waals surface area contributed by atoms with Gasteiger partial charge in [0.05, 0.1) is 5.52 Å². The van der Waals surface area contributed by atoms with E-state index < -0.39 is 0 Å². The number of aliphatic hydroxyl groups excluding tert-OH is 1. The summed E-state index contributed by atoms with van der Waals surface area (Å²) in [4.78, 5) is 0. The third kappa shape index (κ3) is 1.17. The van der Waals surface area contributed by atoms with Gasteiger partial charge in [0.2, 0.25) is 0 Å². The second-order valence-electron chi connectivity index (χ2n) is 3.29. The smallest absolute Gasteiger partial charge is 0.125 e. The summed E-state index contributed by atoms with van der Waals surface area (Å²) in [7, 11) is 0. The second-order valence-corrected chi connectivity index (χ2v) is 3.29. The van der Waals surface area contributed by atoms with Gasteiger partial charge in [-0.15, -0.1) is 0 Å². The molecule has 2 rings (SSSR count). The molecule has 0 spiro atoms. The highest BCUT2D eigenvalue weighted by Crippen LogP contribution is 2.29. The normalized spacial score (nSPS) is 11.0. The maximum absolute atomic E-state index is 9.70. The van der Waals surface area contributed by atoms with E-state index in [0.29, 0.717) is 0 Å². The van der Waals surface area contributed by atoms with Crippen molar-refractivity contribution in [3.63, 3.8) is 0 Å². The summed E-state index contributed by atoms with van der Waals surface area (Å²) in [5.74, 6) is 0.284. The molecule has 3 heteroatoms. The van der Waals surface area contributed by atoms with Gasteiger partial charge in [-0.1, -0.05) is 13.0 Å². The van der Waals surface area contributed by atoms with E-state index >= 15 is 0 Å². The molecule has 1 aromatic heterocycles. The van der Waals surface area contributed by atoms with Crippen LogP contribution in [0.1, 0.15) is 12.5 Å². The molecule has 0 bridgehead atoms. The van der Waals surface area contributed by atoms with Gasteiger partial charge in [0.1, 0.15) is 12.5 Å². The predicted octanol–water partition coefficient (Wildman–Crippen LogP) is 1.86. The van der Waals surface area contributed by atoms with Crippen molar-refractivity contribution in [2.24, 2.45) is 0 Å². The minimum absolute atomic E-state index is 0.0556. The zero-order chi connectivity index (χ0) is 10.1. The van der Waals surface area contributed by atoms with Crippen LogP contribution in [0.25, 0.3) is 10.9 Å². The molecule has 2 N–H and O–H groups in total. The molecule has 0 radical (unpaired) electrons. The Kier molecular flexibility index (Phi) is 2.17. The Morgan fingerprint density at radius 1 is 1.36 bits per heavy atom. The molecule has 74 valence electrons. The third-order valence-corrected chi connectivity index (χ3v) is 2.50. The van der Waals surface area contributed by atoms with Crippen LogP contribution in [0.3, 0.4) is 0 Å². The number of hydrogen-bond acceptors (Lipinski definition) is 2. The predicted molar refractivity (Wildman–Crippen MR) is 55.2 cm³/mol. The van der Waals surface area contributed by atoms with Gasteiger partial charge in [-0.2, -0.15) is 0 Å². The molecule has 0 amide bonds. The van der Waals surface area contributed by atoms with Crippen molar-refractivity contribution in [2.75, 3.05) is 0 Å². The van der Waals surface area contributed by atoms with E-state index in [-0.39, 0.29) is 12.5 Å². The first-order valence-electron chi connectivity index (χ1n) is 4.68. The number of aromatic hydroxyl groups is 1. The van der Waals surface area contributed by atoms with Crippen LogP contribution in [0.5, 0.6) is 5.75 Å². The largest absolute Gasteiger partial charge is 0.507 e. The zero-order valence-electron chi connectivity index (χ0n) is 8.07. The summed E-state index contributed by atoms with van der Waals surface area (Å²) in [5.41, 5.74) is 1.94. The molecule has 3 nitrogen and oxygen atoms in total. The molecule has 0 aliphatic carbocycles. The summed E-state index contributed by atoms with van der Waals surface area (Å²) in [5, 5.41) is 19.7. The first-order chi connectivity index (χ1) is 6.77. The van der Waals surface area contributed by atoms with E-state index in [1.807, 2.05) is 19.2 Å². The fraction of sp³-hybridized carbons (Fsp3) is 0.273. The lowest BCUT2D eigenvalue weighted by atomic mass is 10.1. The highest BCUT2D eigenvalue weighted by atomic mass is 16.3. The summed E-state index contributed by atoms with van der Waals surface area (Å²) in [6.45, 7) is 1.98. The van der Waals surface area contributed by atoms with Crippen molar-refractivity contribution in [3.05, 3.63) is 30.0 Å². The molecule has 0 unspecified atom stereocenters. The van der Waals surface area contributed by atoms with Crippen molar-refractivity contribution in [1.29, 1.82) is 0 Å². The number of phenols is 1. The SMILES string of the molecule is CCc1cn(CO)c2cccc(O)c12. The molecule has 0 atom stereocenters. The van der Waals surface area contributed by atoms with Gasteiger partial charge in [0, 0.05) is 11.6 Å². The topological polar surface area (TPSA) is 45.4 Å². The monoisotopic (exact) mass is 191 g/mol. The van der Waals surface area contributed by atoms with Crippen LogP contribution < -0.4 is 0 Å². The highest BCUT2D eigenvalue weighted by molar-refractivity contribution is 5.89. The molecule has 0 aliphatic heterocycles. The maximum atomic E-state index is 9.70. The standard InChI is InChI=1S/C11H13NO2/c1-2-8-6-12(7-13)9-4-3-5-10(14)11(8)9/h3-6,13-14H,2,7H2,1H3. The molecule has 1 heterocycles. The van der Waals surface area contributed by atoms with E-state index in [1.54, 1.807) is 16.7 Å². The Labute approximate surface area is 82.2 Å². The number of rotatable bonds is 2. The molecule has 0 saturated carbocycles. The number of aromatic nitrogens is 1.